The van der Waals surface area contributed by atoms with E-state index in [1.54, 1.807) is 57.2 Å². The number of alkyl halides is 6. The summed E-state index contributed by atoms with van der Waals surface area (Å²) in [5.74, 6) is 0. The maximum absolute atomic E-state index is 13.9. The van der Waals surface area contributed by atoms with Gasteiger partial charge in [-0.1, -0.05) is 60.2 Å². The topological polar surface area (TPSA) is 0 Å². The van der Waals surface area contributed by atoms with Gasteiger partial charge in [0.1, 0.15) is 0 Å². The van der Waals surface area contributed by atoms with Crippen LogP contribution in [0.2, 0.25) is 5.02 Å². The Labute approximate surface area is 211 Å². The van der Waals surface area contributed by atoms with Crippen LogP contribution in [0.1, 0.15) is 48.6 Å². The van der Waals surface area contributed by atoms with Crippen LogP contribution in [0.15, 0.2) is 66.8 Å². The third-order valence-electron chi connectivity index (χ3n) is 5.50. The molecule has 0 nitrogen and oxygen atoms in total. The molecule has 0 saturated heterocycles. The summed E-state index contributed by atoms with van der Waals surface area (Å²) in [7, 11) is 0. The average Bonchev–Trinajstić information content (AvgIpc) is 2.79. The van der Waals surface area contributed by atoms with Gasteiger partial charge in [-0.05, 0) is 90.6 Å². The maximum atomic E-state index is 13.9. The van der Waals surface area contributed by atoms with Crippen LogP contribution in [0, 0.1) is 0 Å². The van der Waals surface area contributed by atoms with E-state index in [1.807, 2.05) is 0 Å². The van der Waals surface area contributed by atoms with Crippen molar-refractivity contribution < 1.29 is 26.3 Å². The standard InChI is InChI=1S/C29H23ClF6/c1-4-7-18-10-13-26(29(34,35)36)24(14-18)23-17-27(30)25(15-20(23)9-6-3)22-16-21(28(31,32)33)12-11-19(22)8-5-2/h4-17H,1-3H3/b7-4+,8-5+,9-6+. The lowest BCUT2D eigenvalue weighted by atomic mass is 9.89. The fourth-order valence-corrected chi connectivity index (χ4v) is 4.23. The van der Waals surface area contributed by atoms with E-state index in [9.17, 15) is 26.3 Å². The van der Waals surface area contributed by atoms with E-state index in [2.05, 4.69) is 0 Å². The van der Waals surface area contributed by atoms with Crippen molar-refractivity contribution in [2.75, 3.05) is 0 Å². The second-order valence-corrected chi connectivity index (χ2v) is 8.43. The zero-order valence-corrected chi connectivity index (χ0v) is 20.5. The number of rotatable bonds is 5. The Kier molecular flexibility index (Phi) is 8.19. The van der Waals surface area contributed by atoms with Crippen molar-refractivity contribution >= 4 is 29.8 Å². The number of hydrogen-bond acceptors (Lipinski definition) is 0. The first-order valence-electron chi connectivity index (χ1n) is 11.1. The minimum absolute atomic E-state index is 0.0351. The molecule has 0 aliphatic heterocycles. The van der Waals surface area contributed by atoms with Crippen LogP contribution in [-0.2, 0) is 12.4 Å². The van der Waals surface area contributed by atoms with E-state index in [1.165, 1.54) is 30.3 Å². The molecule has 0 radical (unpaired) electrons. The number of benzene rings is 3. The van der Waals surface area contributed by atoms with Crippen LogP contribution >= 0.6 is 11.6 Å². The Hall–Kier alpha value is -3.25. The molecule has 3 rings (SSSR count). The third kappa shape index (κ3) is 5.93. The molecule has 0 unspecified atom stereocenters. The first-order valence-corrected chi connectivity index (χ1v) is 11.4. The maximum Gasteiger partial charge on any atom is 0.417 e. The monoisotopic (exact) mass is 520 g/mol. The third-order valence-corrected chi connectivity index (χ3v) is 5.81. The summed E-state index contributed by atoms with van der Waals surface area (Å²) in [6.45, 7) is 5.19. The lowest BCUT2D eigenvalue weighted by Crippen LogP contribution is -2.08. The quantitative estimate of drug-likeness (QED) is 0.293. The van der Waals surface area contributed by atoms with E-state index in [0.717, 1.165) is 18.2 Å². The van der Waals surface area contributed by atoms with Gasteiger partial charge in [-0.3, -0.25) is 0 Å². The van der Waals surface area contributed by atoms with Gasteiger partial charge < -0.3 is 0 Å². The molecule has 36 heavy (non-hydrogen) atoms. The molecule has 0 heterocycles. The van der Waals surface area contributed by atoms with Gasteiger partial charge in [-0.25, -0.2) is 0 Å². The molecule has 7 heteroatoms. The van der Waals surface area contributed by atoms with Gasteiger partial charge in [0.05, 0.1) is 11.1 Å². The van der Waals surface area contributed by atoms with Crippen LogP contribution in [0.4, 0.5) is 26.3 Å². The highest BCUT2D eigenvalue weighted by atomic mass is 35.5. The van der Waals surface area contributed by atoms with Crippen molar-refractivity contribution in [1.29, 1.82) is 0 Å². The van der Waals surface area contributed by atoms with Crippen molar-refractivity contribution in [2.24, 2.45) is 0 Å². The molecule has 0 aromatic heterocycles. The molecule has 0 saturated carbocycles. The molecule has 0 bridgehead atoms. The molecule has 0 amide bonds. The summed E-state index contributed by atoms with van der Waals surface area (Å²) in [5, 5.41) is 0.0351. The van der Waals surface area contributed by atoms with E-state index < -0.39 is 23.5 Å². The minimum Gasteiger partial charge on any atom is -0.166 e. The predicted octanol–water partition coefficient (Wildman–Crippen LogP) is 10.8. The second kappa shape index (κ2) is 10.8. The van der Waals surface area contributed by atoms with Crippen LogP contribution in [0.5, 0.6) is 0 Å². The first kappa shape index (κ1) is 27.3. The van der Waals surface area contributed by atoms with Gasteiger partial charge in [-0.2, -0.15) is 26.3 Å². The highest BCUT2D eigenvalue weighted by molar-refractivity contribution is 6.34. The Balaban J connectivity index is 2.37. The van der Waals surface area contributed by atoms with E-state index in [0.29, 0.717) is 16.7 Å². The van der Waals surface area contributed by atoms with Crippen LogP contribution in [-0.4, -0.2) is 0 Å². The van der Waals surface area contributed by atoms with E-state index in [4.69, 9.17) is 11.6 Å². The van der Waals surface area contributed by atoms with Crippen LogP contribution in [0.3, 0.4) is 0 Å². The number of allylic oxidation sites excluding steroid dienone is 3. The zero-order valence-electron chi connectivity index (χ0n) is 19.7. The smallest absolute Gasteiger partial charge is 0.166 e. The second-order valence-electron chi connectivity index (χ2n) is 8.02. The Bertz CT molecular complexity index is 1340. The van der Waals surface area contributed by atoms with Crippen molar-refractivity contribution in [2.45, 2.75) is 33.1 Å². The SMILES string of the molecule is C/C=C/c1ccc(C(F)(F)F)c(-c2cc(Cl)c(-c3cc(C(F)(F)F)ccc3/C=C/C)cc2/C=C/C)c1. The van der Waals surface area contributed by atoms with Crippen LogP contribution in [0.25, 0.3) is 40.5 Å². The van der Waals surface area contributed by atoms with Gasteiger partial charge in [0.25, 0.3) is 0 Å². The molecule has 0 N–H and O–H groups in total. The summed E-state index contributed by atoms with van der Waals surface area (Å²) >= 11 is 6.57. The van der Waals surface area contributed by atoms with E-state index in [-0.39, 0.29) is 27.3 Å². The van der Waals surface area contributed by atoms with Gasteiger partial charge in [0, 0.05) is 10.6 Å². The molecule has 3 aromatic rings. The Morgan fingerprint density at radius 3 is 1.78 bits per heavy atom. The minimum atomic E-state index is -4.62. The highest BCUT2D eigenvalue weighted by Gasteiger charge is 2.34. The van der Waals surface area contributed by atoms with E-state index >= 15 is 0 Å². The first-order chi connectivity index (χ1) is 16.9. The van der Waals surface area contributed by atoms with Crippen LogP contribution < -0.4 is 0 Å². The number of halogens is 7. The summed E-state index contributed by atoms with van der Waals surface area (Å²) < 4.78 is 82.2. The molecule has 0 aliphatic rings. The molecule has 0 atom stereocenters. The Morgan fingerprint density at radius 1 is 0.583 bits per heavy atom. The largest absolute Gasteiger partial charge is 0.417 e. The molecule has 0 aliphatic carbocycles. The molecule has 3 aromatic carbocycles. The molecule has 188 valence electrons. The van der Waals surface area contributed by atoms with Gasteiger partial charge >= 0.3 is 12.4 Å². The normalized spacial score (nSPS) is 12.9. The lowest BCUT2D eigenvalue weighted by molar-refractivity contribution is -0.138. The predicted molar refractivity (Wildman–Crippen MR) is 136 cm³/mol. The lowest BCUT2D eigenvalue weighted by Gasteiger charge is -2.19. The molecular weight excluding hydrogens is 498 g/mol. The van der Waals surface area contributed by atoms with Gasteiger partial charge in [0.2, 0.25) is 0 Å². The Morgan fingerprint density at radius 2 is 1.19 bits per heavy atom. The fraction of sp³-hybridized carbons (Fsp3) is 0.172. The van der Waals surface area contributed by atoms with Crippen molar-refractivity contribution in [1.82, 2.24) is 0 Å². The average molecular weight is 521 g/mol. The fourth-order valence-electron chi connectivity index (χ4n) is 3.97. The highest BCUT2D eigenvalue weighted by Crippen LogP contribution is 2.44. The molecule has 0 fully saturated rings. The molecular formula is C29H23ClF6. The zero-order chi connectivity index (χ0) is 26.7. The summed E-state index contributed by atoms with van der Waals surface area (Å²) in [5.41, 5.74) is 0.435. The summed E-state index contributed by atoms with van der Waals surface area (Å²) in [4.78, 5) is 0. The summed E-state index contributed by atoms with van der Waals surface area (Å²) in [6, 6.07) is 10.1. The van der Waals surface area contributed by atoms with Crippen molar-refractivity contribution in [3.05, 3.63) is 99.6 Å². The number of hydrogen-bond donors (Lipinski definition) is 0. The van der Waals surface area contributed by atoms with Crippen molar-refractivity contribution in [3.63, 3.8) is 0 Å². The molecule has 0 spiro atoms. The van der Waals surface area contributed by atoms with Gasteiger partial charge in [0.15, 0.2) is 0 Å². The van der Waals surface area contributed by atoms with Gasteiger partial charge in [-0.15, -0.1) is 0 Å². The summed E-state index contributed by atoms with van der Waals surface area (Å²) in [6.07, 6.45) is 0.797. The van der Waals surface area contributed by atoms with Crippen molar-refractivity contribution in [3.8, 4) is 22.3 Å².